The zero-order valence-corrected chi connectivity index (χ0v) is 17.6. The molecule has 1 aromatic heterocycles. The van der Waals surface area contributed by atoms with E-state index < -0.39 is 0 Å². The third-order valence-corrected chi connectivity index (χ3v) is 4.92. The van der Waals surface area contributed by atoms with Gasteiger partial charge in [0.15, 0.2) is 6.61 Å². The molecule has 0 fully saturated rings. The second-order valence-corrected chi connectivity index (χ2v) is 7.28. The van der Waals surface area contributed by atoms with Crippen molar-refractivity contribution in [2.75, 3.05) is 26.9 Å². The van der Waals surface area contributed by atoms with Crippen LogP contribution in [0.15, 0.2) is 51.7 Å². The highest BCUT2D eigenvalue weighted by Crippen LogP contribution is 2.31. The summed E-state index contributed by atoms with van der Waals surface area (Å²) in [6.45, 7) is 4.79. The number of carbonyl (C=O) groups excluding carboxylic acids is 1. The molecule has 3 aromatic rings. The Bertz CT molecular complexity index is 1070. The summed E-state index contributed by atoms with van der Waals surface area (Å²) >= 11 is 0. The molecule has 0 radical (unpaired) electrons. The Morgan fingerprint density at radius 2 is 1.90 bits per heavy atom. The van der Waals surface area contributed by atoms with Crippen molar-refractivity contribution in [2.45, 2.75) is 26.7 Å². The van der Waals surface area contributed by atoms with Crippen LogP contribution in [0.4, 0.5) is 0 Å². The molecular formula is C24H27NO5. The van der Waals surface area contributed by atoms with Crippen LogP contribution in [0, 0.1) is 13.8 Å². The average Bonchev–Trinajstić information content (AvgIpc) is 2.73. The fourth-order valence-corrected chi connectivity index (χ4v) is 3.39. The monoisotopic (exact) mass is 409 g/mol. The predicted molar refractivity (Wildman–Crippen MR) is 116 cm³/mol. The third-order valence-electron chi connectivity index (χ3n) is 4.92. The van der Waals surface area contributed by atoms with Gasteiger partial charge in [0.1, 0.15) is 11.3 Å². The van der Waals surface area contributed by atoms with Gasteiger partial charge in [-0.15, -0.1) is 0 Å². The smallest absolute Gasteiger partial charge is 0.340 e. The topological polar surface area (TPSA) is 77.8 Å². The van der Waals surface area contributed by atoms with Crippen LogP contribution in [0.3, 0.4) is 0 Å². The molecule has 6 nitrogen and oxygen atoms in total. The van der Waals surface area contributed by atoms with Crippen molar-refractivity contribution in [1.82, 2.24) is 5.32 Å². The summed E-state index contributed by atoms with van der Waals surface area (Å²) in [5, 5.41) is 3.52. The van der Waals surface area contributed by atoms with Gasteiger partial charge in [-0.05, 0) is 49.1 Å². The van der Waals surface area contributed by atoms with Gasteiger partial charge in [0.25, 0.3) is 5.91 Å². The number of ether oxygens (including phenoxy) is 2. The number of aryl methyl sites for hydroxylation is 2. The van der Waals surface area contributed by atoms with Crippen LogP contribution in [0.5, 0.6) is 5.75 Å². The van der Waals surface area contributed by atoms with Gasteiger partial charge in [0, 0.05) is 32.2 Å². The van der Waals surface area contributed by atoms with Crippen LogP contribution in [-0.4, -0.2) is 32.8 Å². The summed E-state index contributed by atoms with van der Waals surface area (Å²) in [6, 6.07) is 13.4. The lowest BCUT2D eigenvalue weighted by atomic mass is 9.98. The summed E-state index contributed by atoms with van der Waals surface area (Å²) in [7, 11) is 1.63. The van der Waals surface area contributed by atoms with Crippen LogP contribution in [0.1, 0.15) is 28.7 Å². The first kappa shape index (κ1) is 21.6. The Balaban J connectivity index is 1.87. The quantitative estimate of drug-likeness (QED) is 0.432. The number of carbonyl (C=O) groups is 1. The summed E-state index contributed by atoms with van der Waals surface area (Å²) in [4.78, 5) is 24.7. The van der Waals surface area contributed by atoms with E-state index in [9.17, 15) is 9.59 Å². The number of rotatable bonds is 9. The molecule has 1 N–H and O–H groups in total. The van der Waals surface area contributed by atoms with E-state index >= 15 is 0 Å². The van der Waals surface area contributed by atoms with E-state index in [2.05, 4.69) is 5.32 Å². The van der Waals surface area contributed by atoms with E-state index in [1.54, 1.807) is 7.11 Å². The van der Waals surface area contributed by atoms with E-state index in [4.69, 9.17) is 13.9 Å². The maximum atomic E-state index is 12.6. The van der Waals surface area contributed by atoms with Crippen LogP contribution < -0.4 is 15.7 Å². The standard InChI is InChI=1S/C24H27NO5/c1-16-12-20(29-15-22(26)25-10-7-11-28-3)23-17(2)19(24(27)30-21(23)13-16)14-18-8-5-4-6-9-18/h4-6,8-9,12-13H,7,10-11,14-15H2,1-3H3,(H,25,26). The lowest BCUT2D eigenvalue weighted by Gasteiger charge is -2.14. The van der Waals surface area contributed by atoms with Gasteiger partial charge < -0.3 is 19.2 Å². The molecular weight excluding hydrogens is 382 g/mol. The number of amides is 1. The number of nitrogens with one attached hydrogen (secondary N) is 1. The molecule has 0 saturated heterocycles. The first-order valence-corrected chi connectivity index (χ1v) is 9.99. The van der Waals surface area contributed by atoms with Crippen molar-refractivity contribution in [3.05, 3.63) is 75.1 Å². The van der Waals surface area contributed by atoms with E-state index in [1.165, 1.54) is 0 Å². The molecule has 0 aliphatic heterocycles. The van der Waals surface area contributed by atoms with Crippen molar-refractivity contribution in [3.63, 3.8) is 0 Å². The van der Waals surface area contributed by atoms with Gasteiger partial charge in [-0.2, -0.15) is 0 Å². The zero-order valence-electron chi connectivity index (χ0n) is 17.6. The lowest BCUT2D eigenvalue weighted by molar-refractivity contribution is -0.123. The Labute approximate surface area is 175 Å². The second kappa shape index (κ2) is 10.1. The minimum absolute atomic E-state index is 0.113. The SMILES string of the molecule is COCCCNC(=O)COc1cc(C)cc2oc(=O)c(Cc3ccccc3)c(C)c12. The Kier molecular flexibility index (Phi) is 7.25. The van der Waals surface area contributed by atoms with Gasteiger partial charge in [-0.25, -0.2) is 4.79 Å². The maximum Gasteiger partial charge on any atom is 0.340 e. The van der Waals surface area contributed by atoms with Crippen molar-refractivity contribution in [1.29, 1.82) is 0 Å². The molecule has 30 heavy (non-hydrogen) atoms. The molecule has 0 spiro atoms. The van der Waals surface area contributed by atoms with E-state index in [1.807, 2.05) is 56.3 Å². The Hall–Kier alpha value is -3.12. The molecule has 0 saturated carbocycles. The molecule has 1 amide bonds. The third kappa shape index (κ3) is 5.27. The summed E-state index contributed by atoms with van der Waals surface area (Å²) in [5.41, 5.74) is 3.42. The highest BCUT2D eigenvalue weighted by Gasteiger charge is 2.17. The molecule has 6 heteroatoms. The maximum absolute atomic E-state index is 12.6. The minimum Gasteiger partial charge on any atom is -0.483 e. The Morgan fingerprint density at radius 3 is 2.63 bits per heavy atom. The van der Waals surface area contributed by atoms with Gasteiger partial charge in [-0.1, -0.05) is 30.3 Å². The number of fused-ring (bicyclic) bond motifs is 1. The zero-order chi connectivity index (χ0) is 21.5. The summed E-state index contributed by atoms with van der Waals surface area (Å²) in [6.07, 6.45) is 1.21. The second-order valence-electron chi connectivity index (χ2n) is 7.28. The number of hydrogen-bond donors (Lipinski definition) is 1. The number of benzene rings is 2. The number of methoxy groups -OCH3 is 1. The largest absolute Gasteiger partial charge is 0.483 e. The van der Waals surface area contributed by atoms with Crippen molar-refractivity contribution in [2.24, 2.45) is 0 Å². The molecule has 0 unspecified atom stereocenters. The number of hydrogen-bond acceptors (Lipinski definition) is 5. The highest BCUT2D eigenvalue weighted by atomic mass is 16.5. The molecule has 0 atom stereocenters. The predicted octanol–water partition coefficient (Wildman–Crippen LogP) is 3.53. The first-order valence-electron chi connectivity index (χ1n) is 9.99. The molecule has 0 aliphatic rings. The van der Waals surface area contributed by atoms with Gasteiger partial charge in [-0.3, -0.25) is 4.79 Å². The molecule has 1 heterocycles. The van der Waals surface area contributed by atoms with Gasteiger partial charge in [0.05, 0.1) is 5.39 Å². The van der Waals surface area contributed by atoms with E-state index in [-0.39, 0.29) is 18.1 Å². The molecule has 2 aromatic carbocycles. The highest BCUT2D eigenvalue weighted by molar-refractivity contribution is 5.89. The normalized spacial score (nSPS) is 10.9. The van der Waals surface area contributed by atoms with Crippen LogP contribution in [0.2, 0.25) is 0 Å². The average molecular weight is 409 g/mol. The Morgan fingerprint density at radius 1 is 1.13 bits per heavy atom. The first-order chi connectivity index (χ1) is 14.5. The van der Waals surface area contributed by atoms with Crippen molar-refractivity contribution < 1.29 is 18.7 Å². The van der Waals surface area contributed by atoms with Crippen LogP contribution >= 0.6 is 0 Å². The van der Waals surface area contributed by atoms with Crippen LogP contribution in [-0.2, 0) is 16.0 Å². The fraction of sp³-hybridized carbons (Fsp3) is 0.333. The molecule has 0 bridgehead atoms. The lowest BCUT2D eigenvalue weighted by Crippen LogP contribution is -2.30. The summed E-state index contributed by atoms with van der Waals surface area (Å²) in [5.74, 6) is 0.327. The molecule has 158 valence electrons. The summed E-state index contributed by atoms with van der Waals surface area (Å²) < 4.78 is 16.4. The fourth-order valence-electron chi connectivity index (χ4n) is 3.39. The van der Waals surface area contributed by atoms with E-state index in [0.717, 1.165) is 28.5 Å². The molecule has 3 rings (SSSR count). The van der Waals surface area contributed by atoms with Crippen LogP contribution in [0.25, 0.3) is 11.0 Å². The van der Waals surface area contributed by atoms with Crippen molar-refractivity contribution >= 4 is 16.9 Å². The minimum atomic E-state index is -0.351. The van der Waals surface area contributed by atoms with Gasteiger partial charge >= 0.3 is 5.63 Å². The van der Waals surface area contributed by atoms with Crippen molar-refractivity contribution in [3.8, 4) is 5.75 Å². The van der Waals surface area contributed by atoms with E-state index in [0.29, 0.717) is 36.5 Å². The van der Waals surface area contributed by atoms with Gasteiger partial charge in [0.2, 0.25) is 0 Å². The molecule has 0 aliphatic carbocycles.